The Morgan fingerprint density at radius 1 is 0.655 bits per heavy atom. The molecule has 3 aromatic carbocycles. The standard InChI is InChI=1S/C18H2Br8N2O/c19-3-1-2-4-6-5(3)9(20)14(25)15(26)16(6)27-17-7-8(18(29)28(4)17)11(22)13(24)12(23)10(7)21/h1-2H. The maximum atomic E-state index is 13.6. The fourth-order valence-corrected chi connectivity index (χ4v) is 8.54. The molecule has 3 aromatic rings. The number of benzene rings is 3. The van der Waals surface area contributed by atoms with Gasteiger partial charge in [-0.1, -0.05) is 15.9 Å². The molecule has 0 saturated heterocycles. The van der Waals surface area contributed by atoms with Crippen molar-refractivity contribution in [3.05, 3.63) is 59.0 Å². The minimum Gasteiger partial charge on any atom is -0.268 e. The summed E-state index contributed by atoms with van der Waals surface area (Å²) < 4.78 is 6.49. The molecular formula is C18H2Br8N2O. The van der Waals surface area contributed by atoms with Crippen molar-refractivity contribution in [2.24, 2.45) is 4.99 Å². The maximum absolute atomic E-state index is 13.6. The summed E-state index contributed by atoms with van der Waals surface area (Å²) in [4.78, 5) is 20.2. The number of hydrogen-bond donors (Lipinski definition) is 0. The van der Waals surface area contributed by atoms with Crippen molar-refractivity contribution >= 4 is 161 Å². The van der Waals surface area contributed by atoms with Crippen LogP contribution in [-0.4, -0.2) is 11.7 Å². The van der Waals surface area contributed by atoms with E-state index in [-0.39, 0.29) is 5.91 Å². The number of halogens is 8. The van der Waals surface area contributed by atoms with Gasteiger partial charge < -0.3 is 0 Å². The minimum atomic E-state index is -0.135. The van der Waals surface area contributed by atoms with E-state index < -0.39 is 0 Å². The van der Waals surface area contributed by atoms with E-state index >= 15 is 0 Å². The van der Waals surface area contributed by atoms with Crippen molar-refractivity contribution in [3.8, 4) is 0 Å². The zero-order valence-corrected chi connectivity index (χ0v) is 26.2. The number of hydrogen-bond acceptors (Lipinski definition) is 2. The molecule has 3 nitrogen and oxygen atoms in total. The fourth-order valence-electron chi connectivity index (χ4n) is 3.53. The topological polar surface area (TPSA) is 32.7 Å². The van der Waals surface area contributed by atoms with Crippen molar-refractivity contribution in [1.29, 1.82) is 0 Å². The van der Waals surface area contributed by atoms with Gasteiger partial charge >= 0.3 is 0 Å². The summed E-state index contributed by atoms with van der Waals surface area (Å²) >= 11 is 29.0. The van der Waals surface area contributed by atoms with E-state index in [0.29, 0.717) is 15.9 Å². The fraction of sp³-hybridized carbons (Fsp3) is 0. The van der Waals surface area contributed by atoms with E-state index in [2.05, 4.69) is 127 Å². The van der Waals surface area contributed by atoms with E-state index in [1.54, 1.807) is 4.90 Å². The van der Waals surface area contributed by atoms with Crippen LogP contribution in [0.4, 0.5) is 11.4 Å². The summed E-state index contributed by atoms with van der Waals surface area (Å²) in [5.74, 6) is 0.445. The van der Waals surface area contributed by atoms with Crippen molar-refractivity contribution in [1.82, 2.24) is 0 Å². The molecule has 11 heteroatoms. The number of amides is 1. The lowest BCUT2D eigenvalue weighted by Crippen LogP contribution is -2.32. The first-order chi connectivity index (χ1) is 13.7. The third kappa shape index (κ3) is 2.83. The van der Waals surface area contributed by atoms with Gasteiger partial charge in [0.25, 0.3) is 5.91 Å². The van der Waals surface area contributed by atoms with Crippen LogP contribution >= 0.6 is 127 Å². The first-order valence-electron chi connectivity index (χ1n) is 7.74. The average Bonchev–Trinajstić information content (AvgIpc) is 3.00. The van der Waals surface area contributed by atoms with Crippen molar-refractivity contribution in [2.75, 3.05) is 4.90 Å². The molecular weight excluding hydrogens is 899 g/mol. The van der Waals surface area contributed by atoms with Crippen molar-refractivity contribution in [3.63, 3.8) is 0 Å². The van der Waals surface area contributed by atoms with E-state index in [0.717, 1.165) is 59.0 Å². The molecule has 1 amide bonds. The minimum absolute atomic E-state index is 0.135. The van der Waals surface area contributed by atoms with Gasteiger partial charge in [-0.25, -0.2) is 4.99 Å². The Bertz CT molecular complexity index is 1360. The average molecular weight is 901 g/mol. The lowest BCUT2D eigenvalue weighted by Gasteiger charge is -2.26. The first-order valence-corrected chi connectivity index (χ1v) is 14.1. The van der Waals surface area contributed by atoms with Crippen LogP contribution in [0, 0.1) is 0 Å². The first kappa shape index (κ1) is 21.7. The summed E-state index contributed by atoms with van der Waals surface area (Å²) in [6, 6.07) is 3.88. The van der Waals surface area contributed by atoms with Gasteiger partial charge in [0.15, 0.2) is 0 Å². The van der Waals surface area contributed by atoms with Crippen LogP contribution in [0.1, 0.15) is 15.9 Å². The van der Waals surface area contributed by atoms with Crippen LogP contribution in [0.3, 0.4) is 0 Å². The molecule has 29 heavy (non-hydrogen) atoms. The Hall–Kier alpha value is 0.900. The number of carbonyl (C=O) groups excluding carboxylic acids is 1. The van der Waals surface area contributed by atoms with Crippen LogP contribution in [0.2, 0.25) is 0 Å². The molecule has 2 aliphatic heterocycles. The zero-order chi connectivity index (χ0) is 20.9. The van der Waals surface area contributed by atoms with E-state index in [9.17, 15) is 4.79 Å². The molecule has 0 unspecified atom stereocenters. The summed E-state index contributed by atoms with van der Waals surface area (Å²) in [7, 11) is 0. The van der Waals surface area contributed by atoms with Crippen LogP contribution < -0.4 is 4.90 Å². The number of aliphatic imine (C=N–C) groups is 1. The molecule has 2 heterocycles. The predicted molar refractivity (Wildman–Crippen MR) is 145 cm³/mol. The molecule has 0 saturated carbocycles. The molecule has 2 aliphatic rings. The molecule has 0 aliphatic carbocycles. The van der Waals surface area contributed by atoms with E-state index in [1.165, 1.54) is 0 Å². The van der Waals surface area contributed by atoms with Gasteiger partial charge in [-0.05, 0) is 124 Å². The lowest BCUT2D eigenvalue weighted by atomic mass is 10.0. The van der Waals surface area contributed by atoms with Gasteiger partial charge in [-0.3, -0.25) is 9.69 Å². The third-order valence-electron chi connectivity index (χ3n) is 4.76. The van der Waals surface area contributed by atoms with Gasteiger partial charge in [0.1, 0.15) is 5.84 Å². The third-order valence-corrected chi connectivity index (χ3v) is 13.6. The largest absolute Gasteiger partial charge is 0.268 e. The second-order valence-corrected chi connectivity index (χ2v) is 12.6. The number of fused-ring (bicyclic) bond motifs is 4. The highest BCUT2D eigenvalue weighted by molar-refractivity contribution is 9.15. The molecule has 0 bridgehead atoms. The Labute approximate surface area is 232 Å². The highest BCUT2D eigenvalue weighted by Gasteiger charge is 2.43. The molecule has 0 radical (unpaired) electrons. The SMILES string of the molecule is O=C1c2c(Br)c(Br)c(Br)c(Br)c2C2=Nc3c(Br)c(Br)c(Br)c4c(Br)ccc(c34)N12. The smallest absolute Gasteiger partial charge is 0.266 e. The van der Waals surface area contributed by atoms with Gasteiger partial charge in [0.2, 0.25) is 0 Å². The van der Waals surface area contributed by atoms with Gasteiger partial charge in [-0.2, -0.15) is 0 Å². The summed E-state index contributed by atoms with van der Waals surface area (Å²) in [6.07, 6.45) is 0. The zero-order valence-electron chi connectivity index (χ0n) is 13.5. The van der Waals surface area contributed by atoms with E-state index in [4.69, 9.17) is 4.99 Å². The van der Waals surface area contributed by atoms with Gasteiger partial charge in [-0.15, -0.1) is 0 Å². The number of carbonyl (C=O) groups is 1. The summed E-state index contributed by atoms with van der Waals surface area (Å²) in [5.41, 5.74) is 2.85. The maximum Gasteiger partial charge on any atom is 0.266 e. The Morgan fingerprint density at radius 2 is 1.24 bits per heavy atom. The number of anilines is 1. The van der Waals surface area contributed by atoms with Gasteiger partial charge in [0.05, 0.1) is 21.4 Å². The lowest BCUT2D eigenvalue weighted by molar-refractivity contribution is 0.101. The van der Waals surface area contributed by atoms with Crippen molar-refractivity contribution in [2.45, 2.75) is 0 Å². The molecule has 146 valence electrons. The van der Waals surface area contributed by atoms with Crippen LogP contribution in [0.5, 0.6) is 0 Å². The van der Waals surface area contributed by atoms with Crippen LogP contribution in [0.15, 0.2) is 52.9 Å². The number of nitrogens with zero attached hydrogens (tertiary/aromatic N) is 2. The van der Waals surface area contributed by atoms with Crippen molar-refractivity contribution < 1.29 is 4.79 Å². The number of amidine groups is 1. The van der Waals surface area contributed by atoms with Crippen LogP contribution in [-0.2, 0) is 0 Å². The second-order valence-electron chi connectivity index (χ2n) is 6.19. The summed E-state index contributed by atoms with van der Waals surface area (Å²) in [6.45, 7) is 0. The molecule has 0 aromatic heterocycles. The van der Waals surface area contributed by atoms with E-state index in [1.807, 2.05) is 12.1 Å². The Balaban J connectivity index is 1.98. The normalized spacial score (nSPS) is 14.4. The van der Waals surface area contributed by atoms with Gasteiger partial charge in [0, 0.05) is 47.6 Å². The molecule has 0 fully saturated rings. The monoisotopic (exact) mass is 893 g/mol. The Morgan fingerprint density at radius 3 is 1.90 bits per heavy atom. The Kier molecular flexibility index (Phi) is 5.59. The second kappa shape index (κ2) is 7.46. The molecule has 0 atom stereocenters. The predicted octanol–water partition coefficient (Wildman–Crippen LogP) is 9.99. The molecule has 5 rings (SSSR count). The summed E-state index contributed by atoms with van der Waals surface area (Å²) in [5, 5.41) is 1.83. The van der Waals surface area contributed by atoms with Crippen LogP contribution in [0.25, 0.3) is 10.8 Å². The number of rotatable bonds is 0. The molecule has 0 spiro atoms. The highest BCUT2D eigenvalue weighted by atomic mass is 79.9. The highest BCUT2D eigenvalue weighted by Crippen LogP contribution is 2.55. The molecule has 0 N–H and O–H groups in total. The quantitative estimate of drug-likeness (QED) is 0.164.